The second-order valence-electron chi connectivity index (χ2n) is 7.99. The van der Waals surface area contributed by atoms with Crippen molar-refractivity contribution in [1.82, 2.24) is 0 Å². The van der Waals surface area contributed by atoms with Gasteiger partial charge in [0.05, 0.1) is 51.6 Å². The number of aliphatic hydroxyl groups excluding tert-OH is 1. The zero-order chi connectivity index (χ0) is 21.1. The Balaban J connectivity index is 1.91. The molecule has 1 saturated heterocycles. The van der Waals surface area contributed by atoms with E-state index in [9.17, 15) is 14.6 Å². The van der Waals surface area contributed by atoms with Crippen LogP contribution in [0.25, 0.3) is 0 Å². The molecule has 11 heteroatoms. The van der Waals surface area contributed by atoms with Gasteiger partial charge < -0.3 is 33.3 Å². The van der Waals surface area contributed by atoms with Gasteiger partial charge in [0, 0.05) is 11.9 Å². The van der Waals surface area contributed by atoms with Crippen LogP contribution in [0.3, 0.4) is 0 Å². The van der Waals surface area contributed by atoms with Gasteiger partial charge in [0.1, 0.15) is 14.0 Å². The SMILES string of the molecule is [B][C@H]1CC(OC(C)C)[C@@H](COP(=O)([O-])OC2C[C@H]([B])C(O)[C@@H]2COC(C)C)O1. The van der Waals surface area contributed by atoms with Crippen LogP contribution < -0.4 is 4.89 Å². The summed E-state index contributed by atoms with van der Waals surface area (Å²) in [5, 5.41) is 10.2. The summed E-state index contributed by atoms with van der Waals surface area (Å²) < 4.78 is 39.3. The third-order valence-corrected chi connectivity index (χ3v) is 5.81. The molecule has 1 aliphatic carbocycles. The van der Waals surface area contributed by atoms with Gasteiger partial charge in [-0.15, -0.1) is 0 Å². The quantitative estimate of drug-likeness (QED) is 0.411. The zero-order valence-corrected chi connectivity index (χ0v) is 17.8. The zero-order valence-electron chi connectivity index (χ0n) is 16.9. The summed E-state index contributed by atoms with van der Waals surface area (Å²) in [7, 11) is 6.99. The molecule has 8 nitrogen and oxygen atoms in total. The highest BCUT2D eigenvalue weighted by Gasteiger charge is 2.43. The number of hydrogen-bond acceptors (Lipinski definition) is 8. The molecule has 8 atom stereocenters. The van der Waals surface area contributed by atoms with Crippen LogP contribution in [0.5, 0.6) is 0 Å². The largest absolute Gasteiger partial charge is 0.756 e. The highest BCUT2D eigenvalue weighted by molar-refractivity contribution is 7.45. The van der Waals surface area contributed by atoms with Crippen LogP contribution in [-0.4, -0.2) is 76.6 Å². The molecule has 2 aliphatic rings. The number of phosphoric ester groups is 1. The molecule has 4 radical (unpaired) electrons. The first-order valence-electron chi connectivity index (χ1n) is 9.74. The first-order valence-corrected chi connectivity index (χ1v) is 11.2. The van der Waals surface area contributed by atoms with Gasteiger partial charge >= 0.3 is 0 Å². The summed E-state index contributed by atoms with van der Waals surface area (Å²) in [5.41, 5.74) is 0. The number of rotatable bonds is 10. The van der Waals surface area contributed by atoms with Crippen molar-refractivity contribution < 1.29 is 37.8 Å². The minimum Gasteiger partial charge on any atom is -0.756 e. The van der Waals surface area contributed by atoms with Gasteiger partial charge in [0.25, 0.3) is 7.82 Å². The Bertz CT molecular complexity index is 537. The van der Waals surface area contributed by atoms with E-state index in [-0.39, 0.29) is 37.9 Å². The molecule has 0 spiro atoms. The van der Waals surface area contributed by atoms with Crippen molar-refractivity contribution in [2.24, 2.45) is 5.92 Å². The van der Waals surface area contributed by atoms with Crippen LogP contribution in [0, 0.1) is 5.92 Å². The van der Waals surface area contributed by atoms with E-state index in [4.69, 9.17) is 39.0 Å². The Hall–Kier alpha value is 0.0799. The molecule has 0 aromatic heterocycles. The highest BCUT2D eigenvalue weighted by Crippen LogP contribution is 2.47. The Kier molecular flexibility index (Phi) is 9.05. The fourth-order valence-corrected chi connectivity index (χ4v) is 4.46. The smallest absolute Gasteiger partial charge is 0.268 e. The van der Waals surface area contributed by atoms with Crippen molar-refractivity contribution in [1.29, 1.82) is 0 Å². The van der Waals surface area contributed by atoms with E-state index < -0.39 is 43.9 Å². The van der Waals surface area contributed by atoms with Gasteiger partial charge in [-0.3, -0.25) is 4.57 Å². The lowest BCUT2D eigenvalue weighted by molar-refractivity contribution is -0.234. The maximum atomic E-state index is 12.3. The summed E-state index contributed by atoms with van der Waals surface area (Å²) >= 11 is 0. The normalized spacial score (nSPS) is 38.4. The summed E-state index contributed by atoms with van der Waals surface area (Å²) in [5.74, 6) is -1.15. The molecule has 1 N–H and O–H groups in total. The summed E-state index contributed by atoms with van der Waals surface area (Å²) in [6.45, 7) is 7.32. The van der Waals surface area contributed by atoms with E-state index in [2.05, 4.69) is 0 Å². The van der Waals surface area contributed by atoms with Gasteiger partial charge in [-0.1, -0.05) is 0 Å². The van der Waals surface area contributed by atoms with Crippen LogP contribution >= 0.6 is 7.82 Å². The van der Waals surface area contributed by atoms with E-state index in [1.807, 2.05) is 27.7 Å². The predicted molar refractivity (Wildman–Crippen MR) is 102 cm³/mol. The topological polar surface area (TPSA) is 107 Å². The molecular weight excluding hydrogens is 385 g/mol. The second-order valence-corrected chi connectivity index (χ2v) is 9.36. The number of hydrogen-bond donors (Lipinski definition) is 1. The molecule has 158 valence electrons. The molecule has 1 heterocycles. The second kappa shape index (κ2) is 10.4. The number of ether oxygens (including phenoxy) is 3. The van der Waals surface area contributed by atoms with Crippen molar-refractivity contribution in [2.75, 3.05) is 13.2 Å². The Labute approximate surface area is 170 Å². The molecule has 0 amide bonds. The summed E-state index contributed by atoms with van der Waals surface area (Å²) in [6.07, 6.45) is -2.18. The lowest BCUT2D eigenvalue weighted by atomic mass is 9.83. The lowest BCUT2D eigenvalue weighted by Gasteiger charge is -2.31. The minimum absolute atomic E-state index is 0.0557. The van der Waals surface area contributed by atoms with Gasteiger partial charge in [-0.05, 0) is 46.4 Å². The molecule has 2 rings (SSSR count). The molecule has 0 aromatic rings. The summed E-state index contributed by atoms with van der Waals surface area (Å²) in [4.78, 5) is 12.3. The van der Waals surface area contributed by atoms with E-state index in [0.29, 0.717) is 6.42 Å². The molecule has 1 saturated carbocycles. The average Bonchev–Trinajstić information content (AvgIpc) is 3.02. The van der Waals surface area contributed by atoms with Gasteiger partial charge in [-0.2, -0.15) is 0 Å². The third kappa shape index (κ3) is 7.10. The van der Waals surface area contributed by atoms with Gasteiger partial charge in [-0.25, -0.2) is 0 Å². The number of aliphatic hydroxyl groups is 1. The lowest BCUT2D eigenvalue weighted by Crippen LogP contribution is -2.34. The molecule has 28 heavy (non-hydrogen) atoms. The fourth-order valence-electron chi connectivity index (χ4n) is 3.50. The van der Waals surface area contributed by atoms with Crippen LogP contribution in [0.15, 0.2) is 0 Å². The van der Waals surface area contributed by atoms with Crippen LogP contribution in [0.1, 0.15) is 40.5 Å². The monoisotopic (exact) mass is 415 g/mol. The van der Waals surface area contributed by atoms with Crippen molar-refractivity contribution in [3.63, 3.8) is 0 Å². The third-order valence-electron chi connectivity index (χ3n) is 4.82. The van der Waals surface area contributed by atoms with Gasteiger partial charge in [0.15, 0.2) is 0 Å². The predicted octanol–water partition coefficient (Wildman–Crippen LogP) is 0.696. The van der Waals surface area contributed by atoms with E-state index in [0.717, 1.165) is 0 Å². The average molecular weight is 415 g/mol. The van der Waals surface area contributed by atoms with Crippen molar-refractivity contribution in [2.45, 2.75) is 89.0 Å². The highest BCUT2D eigenvalue weighted by atomic mass is 31.2. The molecule has 0 aromatic carbocycles. The molecular formula is C17H30B2O8P-. The first kappa shape index (κ1) is 24.4. The Morgan fingerprint density at radius 2 is 1.82 bits per heavy atom. The van der Waals surface area contributed by atoms with Crippen molar-refractivity contribution in [3.05, 3.63) is 0 Å². The molecule has 4 unspecified atom stereocenters. The van der Waals surface area contributed by atoms with Crippen molar-refractivity contribution >= 4 is 23.5 Å². The first-order chi connectivity index (χ1) is 13.0. The fraction of sp³-hybridized carbons (Fsp3) is 1.00. The minimum atomic E-state index is -4.66. The van der Waals surface area contributed by atoms with Crippen molar-refractivity contribution in [3.8, 4) is 0 Å². The maximum Gasteiger partial charge on any atom is 0.268 e. The molecule has 2 fully saturated rings. The standard InChI is InChI=1S/C17H31B2O8P/c1-9(2)23-7-11-13(5-12(18)17(11)20)27-28(21,22)24-8-15-14(25-10(3)4)6-16(19)26-15/h9-17,20H,5-8H2,1-4H3,(H,21,22)/p-1/t11-,12+,13?,14?,15-,16-,17?/m1/s1. The van der Waals surface area contributed by atoms with Crippen LogP contribution in [0.2, 0.25) is 5.82 Å². The molecule has 0 bridgehead atoms. The van der Waals surface area contributed by atoms with Gasteiger partial charge in [0.2, 0.25) is 0 Å². The van der Waals surface area contributed by atoms with E-state index in [1.54, 1.807) is 0 Å². The molecule has 1 aliphatic heterocycles. The van der Waals surface area contributed by atoms with E-state index >= 15 is 0 Å². The van der Waals surface area contributed by atoms with E-state index in [1.165, 1.54) is 0 Å². The van der Waals surface area contributed by atoms with Crippen LogP contribution in [0.4, 0.5) is 0 Å². The maximum absolute atomic E-state index is 12.3. The summed E-state index contributed by atoms with van der Waals surface area (Å²) in [6, 6.07) is -0.537. The number of phosphoric acid groups is 1. The Morgan fingerprint density at radius 1 is 1.14 bits per heavy atom. The Morgan fingerprint density at radius 3 is 2.43 bits per heavy atom. The van der Waals surface area contributed by atoms with Crippen LogP contribution in [-0.2, 0) is 27.8 Å².